The van der Waals surface area contributed by atoms with Gasteiger partial charge in [0.2, 0.25) is 0 Å². The SMILES string of the molecule is CCCC=CN(C)C(=O)O. The van der Waals surface area contributed by atoms with Crippen molar-refractivity contribution in [1.29, 1.82) is 0 Å². The van der Waals surface area contributed by atoms with Gasteiger partial charge in [0, 0.05) is 13.2 Å². The molecule has 0 aromatic rings. The summed E-state index contributed by atoms with van der Waals surface area (Å²) in [4.78, 5) is 11.3. The summed E-state index contributed by atoms with van der Waals surface area (Å²) in [5.74, 6) is 0. The molecule has 1 N–H and O–H groups in total. The Kier molecular flexibility index (Phi) is 4.37. The fraction of sp³-hybridized carbons (Fsp3) is 0.571. The molecule has 0 fully saturated rings. The van der Waals surface area contributed by atoms with E-state index in [1.165, 1.54) is 7.05 Å². The zero-order chi connectivity index (χ0) is 7.98. The largest absolute Gasteiger partial charge is 0.465 e. The van der Waals surface area contributed by atoms with Gasteiger partial charge in [0.05, 0.1) is 0 Å². The second-order valence-corrected chi connectivity index (χ2v) is 2.07. The second-order valence-electron chi connectivity index (χ2n) is 2.07. The van der Waals surface area contributed by atoms with E-state index in [0.717, 1.165) is 17.7 Å². The zero-order valence-corrected chi connectivity index (χ0v) is 6.37. The Bertz CT molecular complexity index is 132. The molecule has 0 aromatic heterocycles. The summed E-state index contributed by atoms with van der Waals surface area (Å²) in [6.07, 6.45) is 4.45. The van der Waals surface area contributed by atoms with Gasteiger partial charge in [0.1, 0.15) is 0 Å². The highest BCUT2D eigenvalue weighted by Crippen LogP contribution is 1.91. The minimum absolute atomic E-state index is 0.924. The van der Waals surface area contributed by atoms with E-state index in [0.29, 0.717) is 0 Å². The molecule has 0 saturated carbocycles. The summed E-state index contributed by atoms with van der Waals surface area (Å²) in [5.41, 5.74) is 0. The number of carbonyl (C=O) groups is 1. The van der Waals surface area contributed by atoms with Gasteiger partial charge in [-0.25, -0.2) is 4.79 Å². The lowest BCUT2D eigenvalue weighted by Crippen LogP contribution is -2.17. The van der Waals surface area contributed by atoms with E-state index >= 15 is 0 Å². The second kappa shape index (κ2) is 4.85. The summed E-state index contributed by atoms with van der Waals surface area (Å²) in [6, 6.07) is 0. The minimum atomic E-state index is -0.924. The highest BCUT2D eigenvalue weighted by molar-refractivity contribution is 5.65. The normalized spacial score (nSPS) is 10.2. The van der Waals surface area contributed by atoms with Gasteiger partial charge >= 0.3 is 6.09 Å². The number of rotatable bonds is 3. The maximum Gasteiger partial charge on any atom is 0.411 e. The van der Waals surface area contributed by atoms with E-state index in [9.17, 15) is 4.79 Å². The average molecular weight is 143 g/mol. The smallest absolute Gasteiger partial charge is 0.411 e. The van der Waals surface area contributed by atoms with Crippen LogP contribution in [-0.4, -0.2) is 23.1 Å². The molecule has 3 heteroatoms. The first-order chi connectivity index (χ1) is 4.68. The van der Waals surface area contributed by atoms with Gasteiger partial charge in [-0.1, -0.05) is 19.4 Å². The molecule has 58 valence electrons. The van der Waals surface area contributed by atoms with Gasteiger partial charge in [0.25, 0.3) is 0 Å². The van der Waals surface area contributed by atoms with E-state index in [1.54, 1.807) is 6.20 Å². The quantitative estimate of drug-likeness (QED) is 0.655. The number of hydrogen-bond donors (Lipinski definition) is 1. The lowest BCUT2D eigenvalue weighted by Gasteiger charge is -2.04. The maximum atomic E-state index is 10.2. The van der Waals surface area contributed by atoms with Crippen molar-refractivity contribution in [2.45, 2.75) is 19.8 Å². The summed E-state index contributed by atoms with van der Waals surface area (Å²) in [7, 11) is 1.51. The Morgan fingerprint density at radius 2 is 2.30 bits per heavy atom. The molecular weight excluding hydrogens is 130 g/mol. The molecule has 0 spiro atoms. The van der Waals surface area contributed by atoms with Crippen LogP contribution in [0.3, 0.4) is 0 Å². The number of amides is 1. The third-order valence-electron chi connectivity index (χ3n) is 1.09. The van der Waals surface area contributed by atoms with E-state index in [4.69, 9.17) is 5.11 Å². The van der Waals surface area contributed by atoms with Crippen LogP contribution in [0.2, 0.25) is 0 Å². The van der Waals surface area contributed by atoms with Crippen LogP contribution in [0.25, 0.3) is 0 Å². The Hall–Kier alpha value is -0.990. The summed E-state index contributed by atoms with van der Waals surface area (Å²) < 4.78 is 0. The summed E-state index contributed by atoms with van der Waals surface area (Å²) >= 11 is 0. The lowest BCUT2D eigenvalue weighted by molar-refractivity contribution is 0.170. The van der Waals surface area contributed by atoms with Gasteiger partial charge in [0.15, 0.2) is 0 Å². The van der Waals surface area contributed by atoms with Gasteiger partial charge in [-0.15, -0.1) is 0 Å². The zero-order valence-electron chi connectivity index (χ0n) is 6.37. The third-order valence-corrected chi connectivity index (χ3v) is 1.09. The first-order valence-corrected chi connectivity index (χ1v) is 3.31. The number of unbranched alkanes of at least 4 members (excludes halogenated alkanes) is 1. The van der Waals surface area contributed by atoms with Crippen LogP contribution >= 0.6 is 0 Å². The fourth-order valence-electron chi connectivity index (χ4n) is 0.463. The predicted molar refractivity (Wildman–Crippen MR) is 39.8 cm³/mol. The van der Waals surface area contributed by atoms with Crippen LogP contribution in [0.1, 0.15) is 19.8 Å². The summed E-state index contributed by atoms with van der Waals surface area (Å²) in [5, 5.41) is 8.36. The van der Waals surface area contributed by atoms with Crippen molar-refractivity contribution >= 4 is 6.09 Å². The standard InChI is InChI=1S/C7H13NO2/c1-3-4-5-6-8(2)7(9)10/h5-6H,3-4H2,1-2H3,(H,9,10). The number of nitrogens with zero attached hydrogens (tertiary/aromatic N) is 1. The molecule has 0 aromatic carbocycles. The molecule has 0 unspecified atom stereocenters. The van der Waals surface area contributed by atoms with Crippen LogP contribution in [-0.2, 0) is 0 Å². The van der Waals surface area contributed by atoms with Crippen molar-refractivity contribution in [2.24, 2.45) is 0 Å². The average Bonchev–Trinajstić information content (AvgIpc) is 1.88. The van der Waals surface area contributed by atoms with Crippen LogP contribution in [0.15, 0.2) is 12.3 Å². The monoisotopic (exact) mass is 143 g/mol. The molecular formula is C7H13NO2. The molecule has 0 atom stereocenters. The van der Waals surface area contributed by atoms with E-state index in [2.05, 4.69) is 0 Å². The van der Waals surface area contributed by atoms with Crippen molar-refractivity contribution < 1.29 is 9.90 Å². The minimum Gasteiger partial charge on any atom is -0.465 e. The Morgan fingerprint density at radius 1 is 1.70 bits per heavy atom. The van der Waals surface area contributed by atoms with Gasteiger partial charge in [-0.2, -0.15) is 0 Å². The first-order valence-electron chi connectivity index (χ1n) is 3.31. The number of carboxylic acid groups (broad SMARTS) is 1. The Balaban J connectivity index is 3.55. The summed E-state index contributed by atoms with van der Waals surface area (Å²) in [6.45, 7) is 2.05. The van der Waals surface area contributed by atoms with E-state index < -0.39 is 6.09 Å². The molecule has 3 nitrogen and oxygen atoms in total. The van der Waals surface area contributed by atoms with Crippen molar-refractivity contribution in [1.82, 2.24) is 4.90 Å². The Morgan fingerprint density at radius 3 is 2.70 bits per heavy atom. The fourth-order valence-corrected chi connectivity index (χ4v) is 0.463. The molecule has 10 heavy (non-hydrogen) atoms. The highest BCUT2D eigenvalue weighted by atomic mass is 16.4. The number of allylic oxidation sites excluding steroid dienone is 1. The van der Waals surface area contributed by atoms with Crippen LogP contribution in [0.4, 0.5) is 4.79 Å². The molecule has 0 aliphatic rings. The van der Waals surface area contributed by atoms with Crippen molar-refractivity contribution in [3.63, 3.8) is 0 Å². The van der Waals surface area contributed by atoms with Crippen molar-refractivity contribution in [2.75, 3.05) is 7.05 Å². The molecule has 0 radical (unpaired) electrons. The highest BCUT2D eigenvalue weighted by Gasteiger charge is 1.97. The van der Waals surface area contributed by atoms with Gasteiger partial charge < -0.3 is 5.11 Å². The molecule has 0 heterocycles. The maximum absolute atomic E-state index is 10.2. The molecule has 0 rings (SSSR count). The van der Waals surface area contributed by atoms with Crippen molar-refractivity contribution in [3.8, 4) is 0 Å². The molecule has 0 aliphatic heterocycles. The van der Waals surface area contributed by atoms with E-state index in [1.807, 2.05) is 13.0 Å². The third kappa shape index (κ3) is 3.95. The molecule has 1 amide bonds. The topological polar surface area (TPSA) is 40.5 Å². The van der Waals surface area contributed by atoms with Crippen LogP contribution in [0, 0.1) is 0 Å². The van der Waals surface area contributed by atoms with Crippen molar-refractivity contribution in [3.05, 3.63) is 12.3 Å². The first kappa shape index (κ1) is 9.01. The number of hydrogen-bond acceptors (Lipinski definition) is 1. The van der Waals surface area contributed by atoms with Gasteiger partial charge in [-0.3, -0.25) is 4.90 Å². The van der Waals surface area contributed by atoms with Crippen LogP contribution in [0.5, 0.6) is 0 Å². The molecule has 0 saturated heterocycles. The van der Waals surface area contributed by atoms with E-state index in [-0.39, 0.29) is 0 Å². The Labute approximate surface area is 61.0 Å². The van der Waals surface area contributed by atoms with Crippen LogP contribution < -0.4 is 0 Å². The molecule has 0 aliphatic carbocycles. The molecule has 0 bridgehead atoms. The van der Waals surface area contributed by atoms with Gasteiger partial charge in [-0.05, 0) is 6.42 Å². The predicted octanol–water partition coefficient (Wildman–Crippen LogP) is 1.91. The lowest BCUT2D eigenvalue weighted by atomic mass is 10.3.